The van der Waals surface area contributed by atoms with E-state index in [1.165, 1.54) is 86.5 Å². The molecule has 6 heteroatoms. The van der Waals surface area contributed by atoms with Gasteiger partial charge in [-0.3, -0.25) is 0 Å². The first-order chi connectivity index (χ1) is 35.8. The van der Waals surface area contributed by atoms with Crippen molar-refractivity contribution in [3.63, 3.8) is 0 Å². The second kappa shape index (κ2) is 28.3. The van der Waals surface area contributed by atoms with Crippen LogP contribution in [0.4, 0.5) is 0 Å². The summed E-state index contributed by atoms with van der Waals surface area (Å²) in [5, 5.41) is 0. The third kappa shape index (κ3) is 15.5. The SMILES string of the molecule is CCCCCCOc1ccc(C(=O)Oc2ccc(C#Cc3ccc4c(c3)C(CCCCCC)(CCCCCC)c3cc(C#Cc5ccc(OC(=O)c6ccc(OCCCCCC)cc6)cc5)ccc3-4)cc2)cc1. The van der Waals surface area contributed by atoms with E-state index in [0.717, 1.165) is 85.1 Å². The van der Waals surface area contributed by atoms with Crippen LogP contribution in [0.1, 0.15) is 197 Å². The van der Waals surface area contributed by atoms with Gasteiger partial charge in [-0.25, -0.2) is 9.59 Å². The summed E-state index contributed by atoms with van der Waals surface area (Å²) in [4.78, 5) is 26.0. The molecule has 0 saturated carbocycles. The lowest BCUT2D eigenvalue weighted by atomic mass is 9.70. The molecule has 0 unspecified atom stereocenters. The molecule has 7 rings (SSSR count). The molecule has 1 aliphatic rings. The zero-order valence-corrected chi connectivity index (χ0v) is 43.8. The highest BCUT2D eigenvalue weighted by Gasteiger charge is 2.42. The second-order valence-electron chi connectivity index (χ2n) is 19.4. The Bertz CT molecular complexity index is 2620. The van der Waals surface area contributed by atoms with Crippen molar-refractivity contribution < 1.29 is 28.5 Å². The van der Waals surface area contributed by atoms with Gasteiger partial charge in [0.05, 0.1) is 24.3 Å². The lowest BCUT2D eigenvalue weighted by Crippen LogP contribution is -2.26. The Labute approximate surface area is 436 Å². The fourth-order valence-corrected chi connectivity index (χ4v) is 9.67. The second-order valence-corrected chi connectivity index (χ2v) is 19.4. The van der Waals surface area contributed by atoms with Gasteiger partial charge in [-0.1, -0.05) is 153 Å². The van der Waals surface area contributed by atoms with Crippen LogP contribution in [0.2, 0.25) is 0 Å². The molecule has 73 heavy (non-hydrogen) atoms. The molecule has 6 aromatic rings. The van der Waals surface area contributed by atoms with Crippen LogP contribution in [0.3, 0.4) is 0 Å². The third-order valence-electron chi connectivity index (χ3n) is 13.8. The van der Waals surface area contributed by atoms with E-state index >= 15 is 0 Å². The molecule has 0 heterocycles. The third-order valence-corrected chi connectivity index (χ3v) is 13.8. The Balaban J connectivity index is 1.05. The number of ether oxygens (including phenoxy) is 4. The standard InChI is InChI=1S/C67H74O6/c1-5-9-13-17-45-67(46-18-14-10-6-2)63-49-53(23-21-51-25-35-59(36-26-51)72-65(68)55-31-39-57(40-32-55)70-47-19-15-11-7-3)29-43-61(63)62-44-30-54(50-64(62)67)24-22-52-27-37-60(38-28-52)73-66(69)56-33-41-58(42-34-56)71-48-20-16-12-8-4/h25-44,49-50H,5-20,45-48H2,1-4H3. The molecule has 0 aromatic heterocycles. The van der Waals surface area contributed by atoms with E-state index in [1.54, 1.807) is 48.5 Å². The molecule has 0 fully saturated rings. The van der Waals surface area contributed by atoms with Crippen LogP contribution in [0.5, 0.6) is 23.0 Å². The van der Waals surface area contributed by atoms with E-state index in [-0.39, 0.29) is 5.41 Å². The van der Waals surface area contributed by atoms with Crippen LogP contribution >= 0.6 is 0 Å². The van der Waals surface area contributed by atoms with E-state index in [2.05, 4.69) is 87.8 Å². The topological polar surface area (TPSA) is 71.1 Å². The lowest BCUT2D eigenvalue weighted by molar-refractivity contribution is 0.0725. The molecule has 0 saturated heterocycles. The summed E-state index contributed by atoms with van der Waals surface area (Å²) < 4.78 is 23.1. The summed E-state index contributed by atoms with van der Waals surface area (Å²) in [5.74, 6) is 15.4. The van der Waals surface area contributed by atoms with Gasteiger partial charge in [0.2, 0.25) is 0 Å². The van der Waals surface area contributed by atoms with Crippen LogP contribution in [0.15, 0.2) is 133 Å². The molecule has 6 nitrogen and oxygen atoms in total. The number of hydrogen-bond donors (Lipinski definition) is 0. The Morgan fingerprint density at radius 3 is 1.07 bits per heavy atom. The van der Waals surface area contributed by atoms with Gasteiger partial charge in [0.1, 0.15) is 23.0 Å². The van der Waals surface area contributed by atoms with Crippen molar-refractivity contribution in [2.45, 2.75) is 149 Å². The van der Waals surface area contributed by atoms with Gasteiger partial charge in [-0.15, -0.1) is 0 Å². The van der Waals surface area contributed by atoms with E-state index in [9.17, 15) is 9.59 Å². The summed E-state index contributed by atoms with van der Waals surface area (Å²) in [6.45, 7) is 10.3. The highest BCUT2D eigenvalue weighted by Crippen LogP contribution is 2.54. The molecule has 0 N–H and O–H groups in total. The monoisotopic (exact) mass is 975 g/mol. The van der Waals surface area contributed by atoms with Crippen LogP contribution in [-0.4, -0.2) is 25.2 Å². The Morgan fingerprint density at radius 2 is 0.699 bits per heavy atom. The fourth-order valence-electron chi connectivity index (χ4n) is 9.67. The van der Waals surface area contributed by atoms with Gasteiger partial charge in [-0.05, 0) is 169 Å². The Kier molecular flexibility index (Phi) is 20.8. The van der Waals surface area contributed by atoms with Gasteiger partial charge < -0.3 is 18.9 Å². The van der Waals surface area contributed by atoms with Gasteiger partial charge in [-0.2, -0.15) is 0 Å². The number of benzene rings is 6. The number of hydrogen-bond acceptors (Lipinski definition) is 6. The minimum absolute atomic E-state index is 0.151. The maximum atomic E-state index is 13.0. The molecule has 0 amide bonds. The summed E-state index contributed by atoms with van der Waals surface area (Å²) in [5.41, 5.74) is 9.74. The smallest absolute Gasteiger partial charge is 0.343 e. The van der Waals surface area contributed by atoms with Gasteiger partial charge >= 0.3 is 11.9 Å². The van der Waals surface area contributed by atoms with Crippen molar-refractivity contribution in [1.82, 2.24) is 0 Å². The molecule has 0 atom stereocenters. The number of carbonyl (C=O) groups excluding carboxylic acids is 2. The number of rotatable bonds is 26. The highest BCUT2D eigenvalue weighted by atomic mass is 16.5. The molecule has 6 aromatic carbocycles. The predicted octanol–water partition coefficient (Wildman–Crippen LogP) is 17.1. The first-order valence-electron chi connectivity index (χ1n) is 27.3. The lowest BCUT2D eigenvalue weighted by Gasteiger charge is -2.33. The number of fused-ring (bicyclic) bond motifs is 3. The summed E-state index contributed by atoms with van der Waals surface area (Å²) in [7, 11) is 0. The van der Waals surface area contributed by atoms with Gasteiger partial charge in [0.25, 0.3) is 0 Å². The van der Waals surface area contributed by atoms with Crippen molar-refractivity contribution in [3.05, 3.63) is 178 Å². The molecule has 0 bridgehead atoms. The fraction of sp³-hybridized carbons (Fsp3) is 0.373. The van der Waals surface area contributed by atoms with Crippen molar-refractivity contribution in [1.29, 1.82) is 0 Å². The molecular formula is C67H74O6. The Morgan fingerprint density at radius 1 is 0.370 bits per heavy atom. The zero-order valence-electron chi connectivity index (χ0n) is 43.8. The van der Waals surface area contributed by atoms with E-state index in [1.807, 2.05) is 48.5 Å². The van der Waals surface area contributed by atoms with Crippen LogP contribution in [0.25, 0.3) is 11.1 Å². The maximum Gasteiger partial charge on any atom is 0.343 e. The van der Waals surface area contributed by atoms with Crippen molar-refractivity contribution in [3.8, 4) is 57.8 Å². The summed E-state index contributed by atoms with van der Waals surface area (Å²) >= 11 is 0. The predicted molar refractivity (Wildman–Crippen MR) is 297 cm³/mol. The number of esters is 2. The maximum absolute atomic E-state index is 13.0. The number of carbonyl (C=O) groups is 2. The van der Waals surface area contributed by atoms with Crippen molar-refractivity contribution >= 4 is 11.9 Å². The number of unbranched alkanes of at least 4 members (excludes halogenated alkanes) is 12. The molecule has 378 valence electrons. The van der Waals surface area contributed by atoms with Gasteiger partial charge in [0.15, 0.2) is 0 Å². The zero-order chi connectivity index (χ0) is 51.1. The van der Waals surface area contributed by atoms with E-state index < -0.39 is 11.9 Å². The van der Waals surface area contributed by atoms with E-state index in [4.69, 9.17) is 18.9 Å². The van der Waals surface area contributed by atoms with Crippen LogP contribution in [0, 0.1) is 23.7 Å². The van der Waals surface area contributed by atoms with Gasteiger partial charge in [0, 0.05) is 27.7 Å². The minimum Gasteiger partial charge on any atom is -0.494 e. The van der Waals surface area contributed by atoms with Crippen LogP contribution < -0.4 is 18.9 Å². The van der Waals surface area contributed by atoms with Crippen LogP contribution in [-0.2, 0) is 5.41 Å². The van der Waals surface area contributed by atoms with Crippen molar-refractivity contribution in [2.24, 2.45) is 0 Å². The van der Waals surface area contributed by atoms with E-state index in [0.29, 0.717) is 35.8 Å². The quantitative estimate of drug-likeness (QED) is 0.0233. The molecule has 0 aliphatic heterocycles. The molecular weight excluding hydrogens is 901 g/mol. The largest absolute Gasteiger partial charge is 0.494 e. The molecule has 0 radical (unpaired) electrons. The average Bonchev–Trinajstić information content (AvgIpc) is 3.68. The minimum atomic E-state index is -0.414. The Hall–Kier alpha value is -7.02. The summed E-state index contributed by atoms with van der Waals surface area (Å²) in [6, 6.07) is 42.6. The molecule has 0 spiro atoms. The molecule has 1 aliphatic carbocycles. The highest BCUT2D eigenvalue weighted by molar-refractivity contribution is 5.92. The first-order valence-corrected chi connectivity index (χ1v) is 27.3. The average molecular weight is 975 g/mol. The first kappa shape index (κ1) is 53.8. The summed E-state index contributed by atoms with van der Waals surface area (Å²) in [6.07, 6.45) is 20.8. The normalized spacial score (nSPS) is 11.8. The van der Waals surface area contributed by atoms with Crippen molar-refractivity contribution in [2.75, 3.05) is 13.2 Å².